The fourth-order valence-electron chi connectivity index (χ4n) is 1.25. The standard InChI is InChI=1S/C8H5FN2O2S/c9-4-2-1-3-5-6(4)7(10)8(14-5)11(12)13/h1-3H,10H2. The average molecular weight is 212 g/mol. The van der Waals surface area contributed by atoms with Gasteiger partial charge in [-0.15, -0.1) is 0 Å². The van der Waals surface area contributed by atoms with Gasteiger partial charge >= 0.3 is 5.00 Å². The number of hydrogen-bond acceptors (Lipinski definition) is 4. The van der Waals surface area contributed by atoms with E-state index in [2.05, 4.69) is 0 Å². The number of hydrogen-bond donors (Lipinski definition) is 1. The first kappa shape index (κ1) is 8.89. The van der Waals surface area contributed by atoms with Crippen molar-refractivity contribution in [2.45, 2.75) is 0 Å². The van der Waals surface area contributed by atoms with Crippen molar-refractivity contribution in [1.29, 1.82) is 0 Å². The number of nitrogens with two attached hydrogens (primary N) is 1. The molecule has 1 heterocycles. The highest BCUT2D eigenvalue weighted by Crippen LogP contribution is 2.40. The Kier molecular flexibility index (Phi) is 1.85. The highest BCUT2D eigenvalue weighted by atomic mass is 32.1. The minimum Gasteiger partial charge on any atom is -0.392 e. The van der Waals surface area contributed by atoms with E-state index >= 15 is 0 Å². The molecule has 0 spiro atoms. The predicted octanol–water partition coefficient (Wildman–Crippen LogP) is 2.53. The largest absolute Gasteiger partial charge is 0.392 e. The fourth-order valence-corrected chi connectivity index (χ4v) is 2.20. The van der Waals surface area contributed by atoms with Gasteiger partial charge in [0.05, 0.1) is 10.3 Å². The molecule has 4 nitrogen and oxygen atoms in total. The van der Waals surface area contributed by atoms with E-state index in [1.54, 1.807) is 6.07 Å². The summed E-state index contributed by atoms with van der Waals surface area (Å²) in [4.78, 5) is 9.92. The van der Waals surface area contributed by atoms with E-state index in [-0.39, 0.29) is 16.1 Å². The van der Waals surface area contributed by atoms with Crippen LogP contribution in [0.1, 0.15) is 0 Å². The summed E-state index contributed by atoms with van der Waals surface area (Å²) in [6, 6.07) is 4.33. The molecule has 0 aliphatic carbocycles. The van der Waals surface area contributed by atoms with Crippen molar-refractivity contribution in [3.8, 4) is 0 Å². The third-order valence-electron chi connectivity index (χ3n) is 1.85. The van der Waals surface area contributed by atoms with Crippen molar-refractivity contribution < 1.29 is 9.31 Å². The molecule has 6 heteroatoms. The number of nitro groups is 1. The van der Waals surface area contributed by atoms with Gasteiger partial charge in [-0.05, 0) is 12.1 Å². The number of nitrogens with zero attached hydrogens (tertiary/aromatic N) is 1. The molecule has 1 aromatic carbocycles. The molecule has 2 rings (SSSR count). The quantitative estimate of drug-likeness (QED) is 0.583. The minimum atomic E-state index is -0.598. The summed E-state index contributed by atoms with van der Waals surface area (Å²) in [5.74, 6) is -0.524. The van der Waals surface area contributed by atoms with Gasteiger partial charge in [0.15, 0.2) is 0 Å². The van der Waals surface area contributed by atoms with Crippen LogP contribution < -0.4 is 5.73 Å². The van der Waals surface area contributed by atoms with Gasteiger partial charge in [0.2, 0.25) is 0 Å². The molecule has 0 unspecified atom stereocenters. The Balaban J connectivity index is 2.87. The van der Waals surface area contributed by atoms with E-state index in [4.69, 9.17) is 5.73 Å². The monoisotopic (exact) mass is 212 g/mol. The van der Waals surface area contributed by atoms with Gasteiger partial charge in [0, 0.05) is 4.70 Å². The van der Waals surface area contributed by atoms with E-state index in [1.165, 1.54) is 12.1 Å². The molecule has 0 aliphatic rings. The number of anilines is 1. The van der Waals surface area contributed by atoms with E-state index in [0.29, 0.717) is 4.70 Å². The molecule has 2 N–H and O–H groups in total. The lowest BCUT2D eigenvalue weighted by atomic mass is 10.2. The second-order valence-electron chi connectivity index (χ2n) is 2.69. The zero-order valence-electron chi connectivity index (χ0n) is 6.86. The SMILES string of the molecule is Nc1c([N+](=O)[O-])sc2cccc(F)c12. The molecule has 14 heavy (non-hydrogen) atoms. The molecule has 1 aromatic heterocycles. The summed E-state index contributed by atoms with van der Waals surface area (Å²) in [5, 5.41) is 10.5. The number of halogens is 1. The normalized spacial score (nSPS) is 10.6. The van der Waals surface area contributed by atoms with Crippen molar-refractivity contribution >= 4 is 32.1 Å². The number of benzene rings is 1. The van der Waals surface area contributed by atoms with Crippen molar-refractivity contribution in [1.82, 2.24) is 0 Å². The van der Waals surface area contributed by atoms with Gasteiger partial charge in [-0.1, -0.05) is 17.4 Å². The first-order chi connectivity index (χ1) is 6.61. The Labute approximate surface area is 81.9 Å². The Morgan fingerprint density at radius 3 is 2.79 bits per heavy atom. The lowest BCUT2D eigenvalue weighted by Crippen LogP contribution is -1.91. The Morgan fingerprint density at radius 1 is 1.50 bits per heavy atom. The van der Waals surface area contributed by atoms with Crippen molar-refractivity contribution in [2.75, 3.05) is 5.73 Å². The summed E-state index contributed by atoms with van der Waals surface area (Å²) in [6.07, 6.45) is 0. The smallest absolute Gasteiger partial charge is 0.348 e. The number of nitrogen functional groups attached to an aromatic ring is 1. The van der Waals surface area contributed by atoms with Crippen LogP contribution in [0.3, 0.4) is 0 Å². The molecule has 0 saturated carbocycles. The van der Waals surface area contributed by atoms with Crippen LogP contribution in [0.15, 0.2) is 18.2 Å². The molecule has 0 fully saturated rings. The highest BCUT2D eigenvalue weighted by Gasteiger charge is 2.20. The van der Waals surface area contributed by atoms with E-state index in [9.17, 15) is 14.5 Å². The molecule has 0 amide bonds. The molecule has 0 atom stereocenters. The van der Waals surface area contributed by atoms with Gasteiger partial charge in [-0.25, -0.2) is 4.39 Å². The van der Waals surface area contributed by atoms with Crippen LogP contribution in [0.4, 0.5) is 15.1 Å². The van der Waals surface area contributed by atoms with Crippen LogP contribution in [0.2, 0.25) is 0 Å². The van der Waals surface area contributed by atoms with Crippen molar-refractivity contribution in [3.63, 3.8) is 0 Å². The van der Waals surface area contributed by atoms with Crippen LogP contribution in [-0.4, -0.2) is 4.92 Å². The molecular weight excluding hydrogens is 207 g/mol. The highest BCUT2D eigenvalue weighted by molar-refractivity contribution is 7.22. The van der Waals surface area contributed by atoms with E-state index < -0.39 is 10.7 Å². The molecule has 2 aromatic rings. The summed E-state index contributed by atoms with van der Waals surface area (Å²) >= 11 is 0.882. The van der Waals surface area contributed by atoms with Crippen LogP contribution in [0.25, 0.3) is 10.1 Å². The first-order valence-electron chi connectivity index (χ1n) is 3.72. The van der Waals surface area contributed by atoms with Crippen LogP contribution in [0.5, 0.6) is 0 Å². The number of thiophene rings is 1. The number of rotatable bonds is 1. The van der Waals surface area contributed by atoms with Crippen LogP contribution >= 0.6 is 11.3 Å². The fraction of sp³-hybridized carbons (Fsp3) is 0. The lowest BCUT2D eigenvalue weighted by molar-refractivity contribution is -0.379. The Hall–Kier alpha value is -1.69. The molecule has 0 radical (unpaired) electrons. The van der Waals surface area contributed by atoms with E-state index in [1.807, 2.05) is 0 Å². The second kappa shape index (κ2) is 2.91. The lowest BCUT2D eigenvalue weighted by Gasteiger charge is -1.91. The molecule has 0 bridgehead atoms. The average Bonchev–Trinajstić information content (AvgIpc) is 2.45. The van der Waals surface area contributed by atoms with Gasteiger partial charge in [0.25, 0.3) is 0 Å². The zero-order chi connectivity index (χ0) is 10.3. The zero-order valence-corrected chi connectivity index (χ0v) is 7.68. The van der Waals surface area contributed by atoms with E-state index in [0.717, 1.165) is 11.3 Å². The number of fused-ring (bicyclic) bond motifs is 1. The van der Waals surface area contributed by atoms with Gasteiger partial charge in [-0.3, -0.25) is 10.1 Å². The summed E-state index contributed by atoms with van der Waals surface area (Å²) in [7, 11) is 0. The van der Waals surface area contributed by atoms with Gasteiger partial charge in [0.1, 0.15) is 11.5 Å². The van der Waals surface area contributed by atoms with Crippen LogP contribution in [-0.2, 0) is 0 Å². The van der Waals surface area contributed by atoms with Gasteiger partial charge < -0.3 is 5.73 Å². The Morgan fingerprint density at radius 2 is 2.21 bits per heavy atom. The second-order valence-corrected chi connectivity index (χ2v) is 3.72. The summed E-state index contributed by atoms with van der Waals surface area (Å²) in [5.41, 5.74) is 5.38. The first-order valence-corrected chi connectivity index (χ1v) is 4.54. The van der Waals surface area contributed by atoms with Crippen LogP contribution in [0, 0.1) is 15.9 Å². The molecule has 0 aliphatic heterocycles. The predicted molar refractivity (Wildman–Crippen MR) is 52.8 cm³/mol. The van der Waals surface area contributed by atoms with Gasteiger partial charge in [-0.2, -0.15) is 0 Å². The van der Waals surface area contributed by atoms with Crippen molar-refractivity contribution in [2.24, 2.45) is 0 Å². The molecule has 0 saturated heterocycles. The molecule has 72 valence electrons. The Bertz CT molecular complexity index is 523. The topological polar surface area (TPSA) is 69.2 Å². The maximum atomic E-state index is 13.2. The maximum Gasteiger partial charge on any atom is 0.348 e. The third-order valence-corrected chi connectivity index (χ3v) is 2.97. The third kappa shape index (κ3) is 1.12. The van der Waals surface area contributed by atoms with Crippen molar-refractivity contribution in [3.05, 3.63) is 34.1 Å². The minimum absolute atomic E-state index is 0.0897. The molecular formula is C8H5FN2O2S. The summed E-state index contributed by atoms with van der Waals surface area (Å²) in [6.45, 7) is 0. The summed E-state index contributed by atoms with van der Waals surface area (Å²) < 4.78 is 13.7. The maximum absolute atomic E-state index is 13.2.